The number of hydrogen-bond donors (Lipinski definition) is 5. The third-order valence-electron chi connectivity index (χ3n) is 8.68. The normalized spacial score (nSPS) is 14.8. The van der Waals surface area contributed by atoms with Crippen LogP contribution < -0.4 is 26.2 Å². The van der Waals surface area contributed by atoms with Crippen LogP contribution >= 0.6 is 23.2 Å². The molecule has 0 aliphatic carbocycles. The van der Waals surface area contributed by atoms with Gasteiger partial charge in [-0.05, 0) is 30.2 Å². The Kier molecular flexibility index (Phi) is 11.3. The van der Waals surface area contributed by atoms with Gasteiger partial charge in [-0.15, -0.1) is 0 Å². The molecule has 2 atom stereocenters. The third kappa shape index (κ3) is 8.22. The Morgan fingerprint density at radius 2 is 1.71 bits per heavy atom. The van der Waals surface area contributed by atoms with Crippen molar-refractivity contribution >= 4 is 40.7 Å². The highest BCUT2D eigenvalue weighted by Gasteiger charge is 2.21. The van der Waals surface area contributed by atoms with Crippen LogP contribution in [0.1, 0.15) is 30.4 Å². The Balaban J connectivity index is 1.22. The van der Waals surface area contributed by atoms with E-state index in [4.69, 9.17) is 38.0 Å². The minimum atomic E-state index is -1.10. The van der Waals surface area contributed by atoms with Gasteiger partial charge in [-0.1, -0.05) is 65.7 Å². The first-order chi connectivity index (χ1) is 24.6. The Bertz CT molecular complexity index is 2160. The molecule has 0 bridgehead atoms. The molecule has 12 nitrogen and oxygen atoms in total. The summed E-state index contributed by atoms with van der Waals surface area (Å²) in [7, 11) is 1.57. The number of ether oxygens (including phenoxy) is 1. The summed E-state index contributed by atoms with van der Waals surface area (Å²) in [5.74, 6) is -0.551. The molecule has 1 aliphatic rings. The van der Waals surface area contributed by atoms with Gasteiger partial charge in [0, 0.05) is 84.4 Å². The van der Waals surface area contributed by atoms with Crippen molar-refractivity contribution in [2.24, 2.45) is 0 Å². The molecule has 0 radical (unpaired) electrons. The lowest BCUT2D eigenvalue weighted by Crippen LogP contribution is -2.35. The molecule has 1 amide bonds. The number of amides is 1. The van der Waals surface area contributed by atoms with Gasteiger partial charge in [0.05, 0.1) is 35.4 Å². The van der Waals surface area contributed by atoms with Crippen molar-refractivity contribution < 1.29 is 24.5 Å². The summed E-state index contributed by atoms with van der Waals surface area (Å²) in [6, 6.07) is 18.9. The molecule has 1 saturated heterocycles. The molecule has 5 N–H and O–H groups in total. The molecule has 5 aromatic rings. The minimum absolute atomic E-state index is 0.0218. The highest BCUT2D eigenvalue weighted by atomic mass is 35.5. The molecule has 14 heteroatoms. The number of fused-ring (bicyclic) bond motifs is 1. The Labute approximate surface area is 303 Å². The number of pyridine rings is 2. The van der Waals surface area contributed by atoms with Crippen LogP contribution in [0.25, 0.3) is 39.2 Å². The monoisotopic (exact) mass is 730 g/mol. The van der Waals surface area contributed by atoms with Gasteiger partial charge >= 0.3 is 5.97 Å². The summed E-state index contributed by atoms with van der Waals surface area (Å²) in [4.78, 5) is 44.7. The largest absolute Gasteiger partial charge is 0.481 e. The first-order valence-electron chi connectivity index (χ1n) is 16.4. The van der Waals surface area contributed by atoms with E-state index in [1.165, 1.54) is 10.6 Å². The molecule has 2 aromatic carbocycles. The molecule has 264 valence electrons. The van der Waals surface area contributed by atoms with Gasteiger partial charge in [0.15, 0.2) is 0 Å². The van der Waals surface area contributed by atoms with Crippen molar-refractivity contribution in [3.63, 3.8) is 0 Å². The number of nitrogens with one attached hydrogen (secondary N) is 3. The van der Waals surface area contributed by atoms with Crippen molar-refractivity contribution in [2.45, 2.75) is 44.5 Å². The Morgan fingerprint density at radius 1 is 1.00 bits per heavy atom. The van der Waals surface area contributed by atoms with Crippen molar-refractivity contribution in [1.82, 2.24) is 30.3 Å². The first-order valence-corrected chi connectivity index (χ1v) is 17.1. The molecule has 51 heavy (non-hydrogen) atoms. The zero-order chi connectivity index (χ0) is 36.1. The average molecular weight is 732 g/mol. The maximum absolute atomic E-state index is 13.1. The van der Waals surface area contributed by atoms with Gasteiger partial charge in [-0.2, -0.15) is 0 Å². The zero-order valence-electron chi connectivity index (χ0n) is 27.7. The number of aliphatic hydroxyl groups excluding tert-OH is 1. The molecule has 3 aromatic heterocycles. The van der Waals surface area contributed by atoms with Gasteiger partial charge in [0.1, 0.15) is 5.65 Å². The lowest BCUT2D eigenvalue weighted by molar-refractivity contribution is -0.139. The van der Waals surface area contributed by atoms with Crippen LogP contribution in [0, 0.1) is 0 Å². The number of aliphatic hydroxyl groups is 1. The van der Waals surface area contributed by atoms with Crippen LogP contribution in [-0.2, 0) is 22.7 Å². The number of aromatic nitrogens is 3. The summed E-state index contributed by atoms with van der Waals surface area (Å²) in [6.07, 6.45) is 3.00. The fourth-order valence-electron chi connectivity index (χ4n) is 6.09. The Morgan fingerprint density at radius 3 is 2.41 bits per heavy atom. The number of aliphatic carboxylic acids is 1. The van der Waals surface area contributed by atoms with Gasteiger partial charge in [0.2, 0.25) is 11.8 Å². The SMILES string of the molecule is COc1nc(-c2cccc(-c3cccc(-c4ccn5c(=O)c(CNC[C@@H](O)CC(=O)O)cnc5c4)c3Cl)c2Cl)ccc1CNC[C@@H]1CCC(=O)N1. The number of carboxylic acid groups (broad SMARTS) is 1. The summed E-state index contributed by atoms with van der Waals surface area (Å²) < 4.78 is 7.05. The smallest absolute Gasteiger partial charge is 0.306 e. The number of carboxylic acids is 1. The summed E-state index contributed by atoms with van der Waals surface area (Å²) >= 11 is 14.1. The second-order valence-electron chi connectivity index (χ2n) is 12.2. The van der Waals surface area contributed by atoms with E-state index < -0.39 is 18.5 Å². The van der Waals surface area contributed by atoms with E-state index in [0.717, 1.165) is 23.1 Å². The number of methoxy groups -OCH3 is 1. The quantitative estimate of drug-likeness (QED) is 0.108. The average Bonchev–Trinajstić information content (AvgIpc) is 3.54. The standard InChI is InChI=1S/C37H36Cl2N6O6/c1-51-36-22(16-40-19-24-9-11-32(47)43-24)8-10-30(44-36)29-7-3-6-28(35(29)39)27-5-2-4-26(34(27)38)21-12-13-45-31(14-21)42-18-23(37(45)50)17-41-20-25(46)15-33(48)49/h2-8,10,12-14,18,24-25,40-41,46H,9,11,15-17,19-20H2,1H3,(H,43,47)(H,48,49)/t24-,25-/m0/s1. The lowest BCUT2D eigenvalue weighted by Gasteiger charge is -2.16. The maximum atomic E-state index is 13.1. The predicted molar refractivity (Wildman–Crippen MR) is 195 cm³/mol. The van der Waals surface area contributed by atoms with E-state index in [-0.39, 0.29) is 30.6 Å². The lowest BCUT2D eigenvalue weighted by atomic mass is 9.97. The zero-order valence-corrected chi connectivity index (χ0v) is 29.2. The molecule has 4 heterocycles. The maximum Gasteiger partial charge on any atom is 0.306 e. The van der Waals surface area contributed by atoms with Crippen molar-refractivity contribution in [1.29, 1.82) is 0 Å². The number of carbonyl (C=O) groups excluding carboxylic acids is 1. The van der Waals surface area contributed by atoms with Crippen molar-refractivity contribution in [3.8, 4) is 39.4 Å². The number of carbonyl (C=O) groups is 2. The molecular weight excluding hydrogens is 695 g/mol. The summed E-state index contributed by atoms with van der Waals surface area (Å²) in [6.45, 7) is 1.32. The minimum Gasteiger partial charge on any atom is -0.481 e. The molecule has 1 fully saturated rings. The second kappa shape index (κ2) is 16.0. The van der Waals surface area contributed by atoms with E-state index in [0.29, 0.717) is 69.0 Å². The Hall–Kier alpha value is -4.85. The van der Waals surface area contributed by atoms with E-state index >= 15 is 0 Å². The van der Waals surface area contributed by atoms with Crippen LogP contribution in [-0.4, -0.2) is 68.8 Å². The fourth-order valence-corrected chi connectivity index (χ4v) is 6.75. The van der Waals surface area contributed by atoms with E-state index in [2.05, 4.69) is 20.9 Å². The second-order valence-corrected chi connectivity index (χ2v) is 13.0. The van der Waals surface area contributed by atoms with Crippen LogP contribution in [0.15, 0.2) is 77.9 Å². The van der Waals surface area contributed by atoms with Crippen molar-refractivity contribution in [3.05, 3.63) is 105 Å². The number of nitrogens with zero attached hydrogens (tertiary/aromatic N) is 3. The summed E-state index contributed by atoms with van der Waals surface area (Å²) in [5.41, 5.74) is 5.60. The highest BCUT2D eigenvalue weighted by Crippen LogP contribution is 2.42. The molecular formula is C37H36Cl2N6O6. The number of benzene rings is 2. The van der Waals surface area contributed by atoms with E-state index in [1.54, 1.807) is 25.4 Å². The van der Waals surface area contributed by atoms with Crippen LogP contribution in [0.4, 0.5) is 0 Å². The van der Waals surface area contributed by atoms with Crippen LogP contribution in [0.3, 0.4) is 0 Å². The number of hydrogen-bond acceptors (Lipinski definition) is 9. The fraction of sp³-hybridized carbons (Fsp3) is 0.270. The highest BCUT2D eigenvalue weighted by molar-refractivity contribution is 6.39. The van der Waals surface area contributed by atoms with Crippen LogP contribution in [0.2, 0.25) is 10.0 Å². The first kappa shape index (κ1) is 36.0. The van der Waals surface area contributed by atoms with Gasteiger partial charge < -0.3 is 30.9 Å². The third-order valence-corrected chi connectivity index (χ3v) is 9.50. The molecule has 1 aliphatic heterocycles. The van der Waals surface area contributed by atoms with Gasteiger partial charge in [0.25, 0.3) is 5.56 Å². The van der Waals surface area contributed by atoms with E-state index in [1.807, 2.05) is 48.5 Å². The van der Waals surface area contributed by atoms with Crippen LogP contribution in [0.5, 0.6) is 5.88 Å². The molecule has 0 unspecified atom stereocenters. The topological polar surface area (TPSA) is 167 Å². The van der Waals surface area contributed by atoms with Gasteiger partial charge in [-0.25, -0.2) is 9.97 Å². The van der Waals surface area contributed by atoms with Gasteiger partial charge in [-0.3, -0.25) is 18.8 Å². The molecule has 0 spiro atoms. The number of halogens is 2. The van der Waals surface area contributed by atoms with Crippen molar-refractivity contribution in [2.75, 3.05) is 20.2 Å². The number of rotatable bonds is 14. The summed E-state index contributed by atoms with van der Waals surface area (Å²) in [5, 5.41) is 28.8. The molecule has 0 saturated carbocycles. The predicted octanol–water partition coefficient (Wildman–Crippen LogP) is 4.70. The van der Waals surface area contributed by atoms with E-state index in [9.17, 15) is 19.5 Å². The molecule has 6 rings (SSSR count).